The number of aromatic nitrogens is 1. The van der Waals surface area contributed by atoms with Crippen molar-refractivity contribution in [2.24, 2.45) is 0 Å². The molecule has 1 unspecified atom stereocenters. The molecule has 0 radical (unpaired) electrons. The van der Waals surface area contributed by atoms with E-state index < -0.39 is 6.10 Å². The molecule has 1 aromatic carbocycles. The molecule has 18 heavy (non-hydrogen) atoms. The Morgan fingerprint density at radius 1 is 1.11 bits per heavy atom. The van der Waals surface area contributed by atoms with Gasteiger partial charge in [0.25, 0.3) is 0 Å². The lowest BCUT2D eigenvalue weighted by Gasteiger charge is -2.12. The van der Waals surface area contributed by atoms with E-state index in [0.29, 0.717) is 5.56 Å². The van der Waals surface area contributed by atoms with E-state index in [1.807, 2.05) is 30.3 Å². The first-order chi connectivity index (χ1) is 8.77. The molecule has 3 aromatic rings. The second-order valence-electron chi connectivity index (χ2n) is 3.97. The van der Waals surface area contributed by atoms with Crippen molar-refractivity contribution in [3.63, 3.8) is 0 Å². The van der Waals surface area contributed by atoms with Gasteiger partial charge in [-0.25, -0.2) is 0 Å². The zero-order valence-corrected chi connectivity index (χ0v) is 10.1. The largest absolute Gasteiger partial charge is 0.453 e. The number of benzene rings is 1. The SMILES string of the molecule is OC(c1ccoc1Cl)c1cccc2ncccc12. The Morgan fingerprint density at radius 3 is 2.78 bits per heavy atom. The van der Waals surface area contributed by atoms with Crippen LogP contribution in [0, 0.1) is 0 Å². The Labute approximate surface area is 109 Å². The summed E-state index contributed by atoms with van der Waals surface area (Å²) < 4.78 is 5.01. The van der Waals surface area contributed by atoms with Gasteiger partial charge in [0.05, 0.1) is 11.8 Å². The van der Waals surface area contributed by atoms with E-state index in [9.17, 15) is 5.11 Å². The number of pyridine rings is 1. The van der Waals surface area contributed by atoms with Crippen LogP contribution in [0.1, 0.15) is 17.2 Å². The number of rotatable bonds is 2. The monoisotopic (exact) mass is 259 g/mol. The summed E-state index contributed by atoms with van der Waals surface area (Å²) in [6.07, 6.45) is 2.37. The number of halogens is 1. The third-order valence-electron chi connectivity index (χ3n) is 2.91. The molecule has 90 valence electrons. The molecule has 3 nitrogen and oxygen atoms in total. The minimum absolute atomic E-state index is 0.211. The molecule has 0 aliphatic heterocycles. The van der Waals surface area contributed by atoms with Crippen LogP contribution in [-0.4, -0.2) is 10.1 Å². The second-order valence-corrected chi connectivity index (χ2v) is 4.31. The highest BCUT2D eigenvalue weighted by molar-refractivity contribution is 6.29. The number of hydrogen-bond donors (Lipinski definition) is 1. The number of aliphatic hydroxyl groups excluding tert-OH is 1. The summed E-state index contributed by atoms with van der Waals surface area (Å²) in [4.78, 5) is 4.26. The molecule has 1 N–H and O–H groups in total. The van der Waals surface area contributed by atoms with Crippen LogP contribution >= 0.6 is 11.6 Å². The van der Waals surface area contributed by atoms with E-state index in [1.165, 1.54) is 6.26 Å². The maximum atomic E-state index is 10.4. The molecule has 3 rings (SSSR count). The van der Waals surface area contributed by atoms with Gasteiger partial charge in [-0.05, 0) is 35.4 Å². The van der Waals surface area contributed by atoms with E-state index >= 15 is 0 Å². The first-order valence-corrected chi connectivity index (χ1v) is 5.90. The van der Waals surface area contributed by atoms with Gasteiger partial charge in [-0.2, -0.15) is 0 Å². The minimum atomic E-state index is -0.816. The second kappa shape index (κ2) is 4.44. The minimum Gasteiger partial charge on any atom is -0.453 e. The average Bonchev–Trinajstić information content (AvgIpc) is 2.83. The summed E-state index contributed by atoms with van der Waals surface area (Å²) in [5.41, 5.74) is 2.17. The van der Waals surface area contributed by atoms with Crippen LogP contribution in [0.3, 0.4) is 0 Å². The van der Waals surface area contributed by atoms with E-state index in [2.05, 4.69) is 4.98 Å². The van der Waals surface area contributed by atoms with Crippen LogP contribution in [0.4, 0.5) is 0 Å². The van der Waals surface area contributed by atoms with Crippen molar-refractivity contribution in [2.45, 2.75) is 6.10 Å². The van der Waals surface area contributed by atoms with Crippen LogP contribution in [0.5, 0.6) is 0 Å². The van der Waals surface area contributed by atoms with Crippen molar-refractivity contribution >= 4 is 22.5 Å². The molecule has 1 atom stereocenters. The number of fused-ring (bicyclic) bond motifs is 1. The molecule has 0 spiro atoms. The van der Waals surface area contributed by atoms with Gasteiger partial charge >= 0.3 is 0 Å². The van der Waals surface area contributed by atoms with Crippen LogP contribution in [0.15, 0.2) is 53.3 Å². The Kier molecular flexibility index (Phi) is 2.78. The van der Waals surface area contributed by atoms with E-state index in [-0.39, 0.29) is 5.22 Å². The van der Waals surface area contributed by atoms with Crippen molar-refractivity contribution in [3.05, 3.63) is 65.2 Å². The third-order valence-corrected chi connectivity index (χ3v) is 3.22. The smallest absolute Gasteiger partial charge is 0.199 e. The fraction of sp³-hybridized carbons (Fsp3) is 0.0714. The van der Waals surface area contributed by atoms with Crippen molar-refractivity contribution in [1.29, 1.82) is 0 Å². The van der Waals surface area contributed by atoms with Crippen molar-refractivity contribution < 1.29 is 9.52 Å². The van der Waals surface area contributed by atoms with Gasteiger partial charge in [0, 0.05) is 17.1 Å². The molecule has 0 saturated heterocycles. The first-order valence-electron chi connectivity index (χ1n) is 5.52. The van der Waals surface area contributed by atoms with Crippen LogP contribution in [0.2, 0.25) is 5.22 Å². The van der Waals surface area contributed by atoms with Gasteiger partial charge in [-0.3, -0.25) is 4.98 Å². The summed E-state index contributed by atoms with van der Waals surface area (Å²) in [5.74, 6) is 0. The van der Waals surface area contributed by atoms with Crippen LogP contribution in [0.25, 0.3) is 10.9 Å². The zero-order chi connectivity index (χ0) is 12.5. The number of aliphatic hydroxyl groups is 1. The van der Waals surface area contributed by atoms with Gasteiger partial charge < -0.3 is 9.52 Å². The molecule has 0 saturated carbocycles. The van der Waals surface area contributed by atoms with E-state index in [4.69, 9.17) is 16.0 Å². The lowest BCUT2D eigenvalue weighted by atomic mass is 9.99. The summed E-state index contributed by atoms with van der Waals surface area (Å²) in [5, 5.41) is 11.5. The molecule has 4 heteroatoms. The van der Waals surface area contributed by atoms with Gasteiger partial charge in [-0.15, -0.1) is 0 Å². The highest BCUT2D eigenvalue weighted by Crippen LogP contribution is 2.32. The van der Waals surface area contributed by atoms with Crippen LogP contribution in [-0.2, 0) is 0 Å². The third kappa shape index (κ3) is 1.78. The van der Waals surface area contributed by atoms with Gasteiger partial charge in [-0.1, -0.05) is 18.2 Å². The molecule has 0 bridgehead atoms. The number of furan rings is 1. The Bertz CT molecular complexity index is 688. The summed E-state index contributed by atoms with van der Waals surface area (Å²) in [6, 6.07) is 11.1. The van der Waals surface area contributed by atoms with Crippen molar-refractivity contribution in [1.82, 2.24) is 4.98 Å². The Balaban J connectivity index is 2.18. The van der Waals surface area contributed by atoms with Gasteiger partial charge in [0.2, 0.25) is 0 Å². The standard InChI is InChI=1S/C14H10ClNO2/c15-14-11(6-8-18-14)13(17)10-3-1-5-12-9(10)4-2-7-16-12/h1-8,13,17H. The van der Waals surface area contributed by atoms with Crippen molar-refractivity contribution in [3.8, 4) is 0 Å². The van der Waals surface area contributed by atoms with E-state index in [0.717, 1.165) is 16.5 Å². The summed E-state index contributed by atoms with van der Waals surface area (Å²) >= 11 is 5.89. The highest BCUT2D eigenvalue weighted by Gasteiger charge is 2.18. The maximum Gasteiger partial charge on any atom is 0.199 e. The van der Waals surface area contributed by atoms with Gasteiger partial charge in [0.15, 0.2) is 5.22 Å². The Hall–Kier alpha value is -1.84. The van der Waals surface area contributed by atoms with Crippen LogP contribution < -0.4 is 0 Å². The summed E-state index contributed by atoms with van der Waals surface area (Å²) in [6.45, 7) is 0. The summed E-state index contributed by atoms with van der Waals surface area (Å²) in [7, 11) is 0. The molecule has 0 fully saturated rings. The fourth-order valence-corrected chi connectivity index (χ4v) is 2.25. The lowest BCUT2D eigenvalue weighted by molar-refractivity contribution is 0.221. The van der Waals surface area contributed by atoms with Crippen molar-refractivity contribution in [2.75, 3.05) is 0 Å². The molecule has 0 aliphatic rings. The Morgan fingerprint density at radius 2 is 2.00 bits per heavy atom. The molecule has 0 aliphatic carbocycles. The van der Waals surface area contributed by atoms with E-state index in [1.54, 1.807) is 12.3 Å². The fourth-order valence-electron chi connectivity index (χ4n) is 2.03. The molecular weight excluding hydrogens is 250 g/mol. The molecule has 0 amide bonds. The first kappa shape index (κ1) is 11.3. The average molecular weight is 260 g/mol. The lowest BCUT2D eigenvalue weighted by Crippen LogP contribution is -2.00. The predicted octanol–water partition coefficient (Wildman–Crippen LogP) is 3.56. The predicted molar refractivity (Wildman–Crippen MR) is 69.5 cm³/mol. The zero-order valence-electron chi connectivity index (χ0n) is 9.38. The number of nitrogens with zero attached hydrogens (tertiary/aromatic N) is 1. The topological polar surface area (TPSA) is 46.3 Å². The number of hydrogen-bond acceptors (Lipinski definition) is 3. The normalized spacial score (nSPS) is 12.8. The quantitative estimate of drug-likeness (QED) is 0.765. The molecular formula is C14H10ClNO2. The molecule has 2 heterocycles. The maximum absolute atomic E-state index is 10.4. The van der Waals surface area contributed by atoms with Gasteiger partial charge in [0.1, 0.15) is 6.10 Å². The molecule has 2 aromatic heterocycles. The highest BCUT2D eigenvalue weighted by atomic mass is 35.5.